The molecule has 8 atom stereocenters. The van der Waals surface area contributed by atoms with Crippen LogP contribution in [-0.4, -0.2) is 194 Å². The second-order valence-electron chi connectivity index (χ2n) is 23.0. The summed E-state index contributed by atoms with van der Waals surface area (Å²) in [5, 5.41) is 59.4. The maximum absolute atomic E-state index is 15.0. The van der Waals surface area contributed by atoms with Gasteiger partial charge in [0.05, 0.1) is 12.1 Å². The second-order valence-corrected chi connectivity index (χ2v) is 23.0. The van der Waals surface area contributed by atoms with Gasteiger partial charge in [-0.15, -0.1) is 0 Å². The molecule has 0 saturated carbocycles. The van der Waals surface area contributed by atoms with Crippen molar-refractivity contribution in [3.8, 4) is 0 Å². The number of aliphatic hydroxyl groups is 1. The fourth-order valence-corrected chi connectivity index (χ4v) is 11.7. The zero-order valence-corrected chi connectivity index (χ0v) is 49.5. The van der Waals surface area contributed by atoms with Gasteiger partial charge < -0.3 is 77.2 Å². The lowest BCUT2D eigenvalue weighted by Crippen LogP contribution is -2.61. The summed E-state index contributed by atoms with van der Waals surface area (Å²) in [6.45, 7) is 7.03. The van der Waals surface area contributed by atoms with Crippen molar-refractivity contribution in [2.45, 2.75) is 134 Å². The number of carbonyl (C=O) groups excluding carboxylic acids is 7. The number of carboxylic acids is 1. The molecule has 3 aromatic carbocycles. The predicted octanol–water partition coefficient (Wildman–Crippen LogP) is -1.74. The molecule has 0 aliphatic carbocycles. The third-order valence-corrected chi connectivity index (χ3v) is 15.8. The number of rotatable bonds is 29. The largest absolute Gasteiger partial charge is 0.488 e. The summed E-state index contributed by atoms with van der Waals surface area (Å²) in [5.41, 5.74) is 11.0. The van der Waals surface area contributed by atoms with Crippen LogP contribution in [0.3, 0.4) is 0 Å². The number of likely N-dealkylation sites (N-methyl/N-ethyl adjacent to an activating group) is 1. The number of carbonyl (C=O) groups is 8. The van der Waals surface area contributed by atoms with E-state index in [0.29, 0.717) is 58.0 Å². The molecule has 5 aromatic rings. The summed E-state index contributed by atoms with van der Waals surface area (Å²) >= 11 is 0. The van der Waals surface area contributed by atoms with Crippen LogP contribution in [0.15, 0.2) is 73.1 Å². The Morgan fingerprint density at radius 2 is 1.42 bits per heavy atom. The van der Waals surface area contributed by atoms with Crippen LogP contribution in [0.25, 0.3) is 21.8 Å². The van der Waals surface area contributed by atoms with Crippen LogP contribution >= 0.6 is 0 Å². The SMILES string of the molecule is Cc1cc(CNC[C@H](NC(=O)[C@@H]2CCCN2CON)C(=O)N[C@@H](CC(C)C)C(=O)N2C[C@H](O)C[C@H]2C(=O)N[C@@H](Cc2c[nH]c3ccccc23)C(=O)N[C@@H](CCN)C(=O)N[C@@H](Cc2cn(CC(=O)O)c3ccccc23)C(=O)N(C)C)cc(C)c1B(O)O. The van der Waals surface area contributed by atoms with Crippen molar-refractivity contribution in [1.82, 2.24) is 56.2 Å². The smallest absolute Gasteiger partial charge is 0.480 e. The molecule has 2 saturated heterocycles. The van der Waals surface area contributed by atoms with Crippen molar-refractivity contribution in [2.24, 2.45) is 17.5 Å². The van der Waals surface area contributed by atoms with Crippen LogP contribution in [0.1, 0.15) is 73.8 Å². The number of aliphatic hydroxyl groups excluding tert-OH is 1. The Morgan fingerprint density at radius 3 is 2.08 bits per heavy atom. The molecule has 86 heavy (non-hydrogen) atoms. The molecule has 0 bridgehead atoms. The van der Waals surface area contributed by atoms with Gasteiger partial charge in [-0.25, -0.2) is 5.90 Å². The van der Waals surface area contributed by atoms with E-state index in [4.69, 9.17) is 16.5 Å². The van der Waals surface area contributed by atoms with Crippen LogP contribution in [0.4, 0.5) is 0 Å². The molecule has 2 fully saturated rings. The molecule has 7 rings (SSSR count). The van der Waals surface area contributed by atoms with Gasteiger partial charge in [-0.3, -0.25) is 48.1 Å². The minimum absolute atomic E-state index is 0.0253. The number of likely N-dealkylation sites (tertiary alicyclic amines) is 2. The number of amides is 7. The summed E-state index contributed by atoms with van der Waals surface area (Å²) in [6.07, 6.45) is 2.84. The van der Waals surface area contributed by atoms with Crippen molar-refractivity contribution in [2.75, 3.05) is 47.0 Å². The van der Waals surface area contributed by atoms with E-state index in [2.05, 4.69) is 36.9 Å². The van der Waals surface area contributed by atoms with E-state index < -0.39 is 103 Å². The number of hydrogen-bond donors (Lipinski definition) is 13. The van der Waals surface area contributed by atoms with Gasteiger partial charge in [0, 0.05) is 93.7 Å². The summed E-state index contributed by atoms with van der Waals surface area (Å²) < 4.78 is 1.54. The number of nitrogens with one attached hydrogen (secondary N) is 7. The average molecular weight is 1190 g/mol. The number of H-pyrrole nitrogens is 1. The topological polar surface area (TPSA) is 381 Å². The van der Waals surface area contributed by atoms with Gasteiger partial charge in [0.2, 0.25) is 41.4 Å². The zero-order valence-electron chi connectivity index (χ0n) is 49.5. The Labute approximate surface area is 499 Å². The number of nitrogens with zero attached hydrogens (tertiary/aromatic N) is 4. The van der Waals surface area contributed by atoms with E-state index in [9.17, 15) is 58.6 Å². The zero-order chi connectivity index (χ0) is 62.5. The number of aromatic nitrogens is 2. The van der Waals surface area contributed by atoms with E-state index in [1.807, 2.05) is 38.1 Å². The van der Waals surface area contributed by atoms with E-state index in [0.717, 1.165) is 16.5 Å². The van der Waals surface area contributed by atoms with E-state index in [1.165, 1.54) is 23.9 Å². The quantitative estimate of drug-likeness (QED) is 0.0187. The number of para-hydroxylation sites is 2. The van der Waals surface area contributed by atoms with Gasteiger partial charge in [-0.2, -0.15) is 0 Å². The van der Waals surface area contributed by atoms with Crippen molar-refractivity contribution < 1.29 is 63.5 Å². The number of benzene rings is 3. The third-order valence-electron chi connectivity index (χ3n) is 15.8. The van der Waals surface area contributed by atoms with Gasteiger partial charge >= 0.3 is 13.1 Å². The molecule has 7 amide bonds. The number of fused-ring (bicyclic) bond motifs is 2. The van der Waals surface area contributed by atoms with Gasteiger partial charge in [-0.1, -0.05) is 73.5 Å². The number of nitrogens with two attached hydrogens (primary N) is 2. The summed E-state index contributed by atoms with van der Waals surface area (Å²) in [5.74, 6) is -0.655. The summed E-state index contributed by atoms with van der Waals surface area (Å²) in [4.78, 5) is 125. The minimum Gasteiger partial charge on any atom is -0.480 e. The lowest BCUT2D eigenvalue weighted by molar-refractivity contribution is -0.143. The Hall–Kier alpha value is -7.76. The molecule has 27 heteroatoms. The molecule has 0 unspecified atom stereocenters. The first-order valence-electron chi connectivity index (χ1n) is 29.0. The molecule has 464 valence electrons. The number of hydrogen-bond acceptors (Lipinski definition) is 16. The first kappa shape index (κ1) is 65.8. The first-order chi connectivity index (χ1) is 41.0. The van der Waals surface area contributed by atoms with Crippen LogP contribution in [0.5, 0.6) is 0 Å². The van der Waals surface area contributed by atoms with E-state index >= 15 is 0 Å². The Balaban J connectivity index is 1.12. The van der Waals surface area contributed by atoms with Crippen LogP contribution in [0, 0.1) is 19.8 Å². The van der Waals surface area contributed by atoms with Crippen LogP contribution < -0.4 is 49.0 Å². The molecule has 15 N–H and O–H groups in total. The highest BCUT2D eigenvalue weighted by Gasteiger charge is 2.44. The van der Waals surface area contributed by atoms with Crippen molar-refractivity contribution in [3.63, 3.8) is 0 Å². The van der Waals surface area contributed by atoms with E-state index in [-0.39, 0.29) is 77.5 Å². The van der Waals surface area contributed by atoms with E-state index in [1.54, 1.807) is 72.1 Å². The molecule has 4 heterocycles. The number of aromatic amines is 1. The summed E-state index contributed by atoms with van der Waals surface area (Å²) in [7, 11) is 1.37. The number of β-amino-alcohol motifs (C(OH)–C–C–N with tert-alkyl or cyclic N) is 1. The number of carboxylic acid groups (broad SMARTS) is 1. The van der Waals surface area contributed by atoms with Crippen LogP contribution in [-0.2, 0) is 69.1 Å². The maximum atomic E-state index is 15.0. The van der Waals surface area contributed by atoms with Crippen molar-refractivity contribution >= 4 is 81.7 Å². The molecule has 0 spiro atoms. The van der Waals surface area contributed by atoms with Crippen molar-refractivity contribution in [3.05, 3.63) is 101 Å². The molecule has 2 aliphatic heterocycles. The highest BCUT2D eigenvalue weighted by molar-refractivity contribution is 6.59. The monoisotopic (exact) mass is 1190 g/mol. The molecule has 26 nitrogen and oxygen atoms in total. The molecular weight excluding hydrogens is 1110 g/mol. The van der Waals surface area contributed by atoms with Gasteiger partial charge in [0.1, 0.15) is 49.5 Å². The van der Waals surface area contributed by atoms with Gasteiger partial charge in [0.15, 0.2) is 0 Å². The number of aliphatic carboxylic acids is 1. The lowest BCUT2D eigenvalue weighted by Gasteiger charge is -2.32. The predicted molar refractivity (Wildman–Crippen MR) is 320 cm³/mol. The minimum atomic E-state index is -1.67. The normalized spacial score (nSPS) is 17.9. The first-order valence-corrected chi connectivity index (χ1v) is 29.0. The average Bonchev–Trinajstić information content (AvgIpc) is 2.10. The molecule has 2 aromatic heterocycles. The number of aryl methyl sites for hydroxylation is 2. The van der Waals surface area contributed by atoms with Gasteiger partial charge in [0.25, 0.3) is 0 Å². The third kappa shape index (κ3) is 16.6. The van der Waals surface area contributed by atoms with Crippen molar-refractivity contribution in [1.29, 1.82) is 0 Å². The summed E-state index contributed by atoms with van der Waals surface area (Å²) in [6, 6.07) is 9.45. The van der Waals surface area contributed by atoms with Gasteiger partial charge in [-0.05, 0) is 86.3 Å². The van der Waals surface area contributed by atoms with Crippen LogP contribution in [0.2, 0.25) is 0 Å². The Morgan fingerprint density at radius 1 is 0.802 bits per heavy atom. The fourth-order valence-electron chi connectivity index (χ4n) is 11.7. The molecule has 0 radical (unpaired) electrons. The maximum Gasteiger partial charge on any atom is 0.488 e. The second kappa shape index (κ2) is 30.0. The standard InChI is InChI=1S/C59H82BN13O13/c1-33(2)20-45(67-55(79)47(69-56(80)49-16-11-19-71(49)32-86-62)28-63-26-36-21-34(3)52(60(84)85)35(4)22-36)59(83)73-30-39(74)25-50(73)57(81)66-44(23-37-27-64-42-14-9-7-12-40(37)42)54(78)65-43(17-18-61)53(77)68-46(58(82)70(5)6)24-38-29-72(31-51(75)76)48-15-10-8-13-41(38)48/h7-10,12-15,21-22,27,29,33,39,43-47,49-50,63-64,74,84-85H,11,16-20,23-26,28,30-32,61-62H2,1-6H3,(H,65,78)(H,66,81)(H,67,79)(H,68,77)(H,69,80)(H,75,76)/t39-,43+,44+,45+,46+,47+,49+,50+/m1/s1. The Bertz CT molecular complexity index is 3220. The molecular formula is C59H82BN13O13. The lowest BCUT2D eigenvalue weighted by atomic mass is 9.74. The molecule has 2 aliphatic rings. The highest BCUT2D eigenvalue weighted by atomic mass is 16.6. The Kier molecular flexibility index (Phi) is 23.0. The highest BCUT2D eigenvalue weighted by Crippen LogP contribution is 2.26. The fraction of sp³-hybridized carbons (Fsp3) is 0.492.